The number of unbranched alkanes of at least 4 members (excludes halogenated alkanes) is 1. The highest BCUT2D eigenvalue weighted by atomic mass is 16.5. The first-order valence-electron chi connectivity index (χ1n) is 25.3. The molecule has 6 aromatic rings. The van der Waals surface area contributed by atoms with Gasteiger partial charge in [-0.25, -0.2) is 19.9 Å². The molecule has 4 aromatic carbocycles. The lowest BCUT2D eigenvalue weighted by atomic mass is 10.1. The minimum Gasteiger partial charge on any atom is -0.373 e. The third kappa shape index (κ3) is 14.5. The fraction of sp³-hybridized carbons (Fsp3) is 0.418. The summed E-state index contributed by atoms with van der Waals surface area (Å²) >= 11 is 0. The molecule has 0 saturated carbocycles. The molecule has 2 aliphatic heterocycles. The highest BCUT2D eigenvalue weighted by molar-refractivity contribution is 5.98. The van der Waals surface area contributed by atoms with Gasteiger partial charge in [-0.3, -0.25) is 9.59 Å². The summed E-state index contributed by atoms with van der Waals surface area (Å²) in [5.41, 5.74) is 9.48. The van der Waals surface area contributed by atoms with Crippen molar-refractivity contribution in [2.24, 2.45) is 0 Å². The van der Waals surface area contributed by atoms with E-state index in [0.717, 1.165) is 93.6 Å². The van der Waals surface area contributed by atoms with Crippen molar-refractivity contribution in [2.75, 3.05) is 57.2 Å². The van der Waals surface area contributed by atoms with E-state index in [1.165, 1.54) is 47.8 Å². The van der Waals surface area contributed by atoms with Gasteiger partial charge in [0.05, 0.1) is 25.4 Å². The first-order valence-corrected chi connectivity index (χ1v) is 25.3. The van der Waals surface area contributed by atoms with Crippen LogP contribution in [-0.4, -0.2) is 80.1 Å². The zero-order valence-electron chi connectivity index (χ0n) is 41.6. The summed E-state index contributed by atoms with van der Waals surface area (Å²) in [6.07, 6.45) is 12.7. The van der Waals surface area contributed by atoms with Gasteiger partial charge in [-0.15, -0.1) is 0 Å². The van der Waals surface area contributed by atoms with E-state index in [0.29, 0.717) is 48.4 Å². The Hall–Kier alpha value is -7.04. The topological polar surface area (TPSA) is 185 Å². The molecule has 2 fully saturated rings. The molecule has 0 unspecified atom stereocenters. The molecule has 16 heteroatoms. The lowest BCUT2D eigenvalue weighted by molar-refractivity contribution is -0.121. The van der Waals surface area contributed by atoms with Crippen LogP contribution in [0, 0.1) is 13.8 Å². The molecule has 4 heterocycles. The summed E-state index contributed by atoms with van der Waals surface area (Å²) in [6.45, 7) is 12.6. The third-order valence-electron chi connectivity index (χ3n) is 13.2. The van der Waals surface area contributed by atoms with Gasteiger partial charge >= 0.3 is 0 Å². The minimum absolute atomic E-state index is 0.00534. The third-order valence-corrected chi connectivity index (χ3v) is 13.2. The van der Waals surface area contributed by atoms with Crippen LogP contribution in [0.15, 0.2) is 97.6 Å². The molecular weight excluding hydrogens is 893 g/mol. The van der Waals surface area contributed by atoms with Crippen LogP contribution in [-0.2, 0) is 45.1 Å². The van der Waals surface area contributed by atoms with Crippen molar-refractivity contribution in [1.29, 1.82) is 0 Å². The number of amides is 2. The van der Waals surface area contributed by atoms with Gasteiger partial charge < -0.3 is 40.5 Å². The van der Waals surface area contributed by atoms with E-state index in [1.54, 1.807) is 0 Å². The van der Waals surface area contributed by atoms with Crippen LogP contribution < -0.4 is 31.1 Å². The number of nitrogens with zero attached hydrogens (tertiary/aromatic N) is 8. The Kier molecular flexibility index (Phi) is 17.9. The van der Waals surface area contributed by atoms with Crippen LogP contribution in [0.3, 0.4) is 0 Å². The average molecular weight is 961 g/mol. The second kappa shape index (κ2) is 25.2. The summed E-state index contributed by atoms with van der Waals surface area (Å²) in [7, 11) is 0. The number of ether oxygens (including phenoxy) is 2. The molecule has 2 aliphatic rings. The van der Waals surface area contributed by atoms with Crippen molar-refractivity contribution in [2.45, 2.75) is 124 Å². The highest BCUT2D eigenvalue weighted by Gasteiger charge is 2.24. The number of rotatable bonds is 22. The summed E-state index contributed by atoms with van der Waals surface area (Å²) in [4.78, 5) is 57.8. The van der Waals surface area contributed by atoms with Crippen molar-refractivity contribution >= 4 is 58.4 Å². The predicted octanol–water partition coefficient (Wildman–Crippen LogP) is 10.2. The molecule has 2 amide bonds. The molecule has 0 atom stereocenters. The number of carbonyl (C=O) groups excluding carboxylic acids is 2. The Morgan fingerprint density at radius 2 is 0.944 bits per heavy atom. The number of carbonyl (C=O) groups is 2. The van der Waals surface area contributed by atoms with Gasteiger partial charge in [0.15, 0.2) is 0 Å². The van der Waals surface area contributed by atoms with Crippen LogP contribution >= 0.6 is 0 Å². The highest BCUT2D eigenvalue weighted by Crippen LogP contribution is 2.29. The monoisotopic (exact) mass is 961 g/mol. The molecule has 0 spiro atoms. The minimum atomic E-state index is -0.280. The van der Waals surface area contributed by atoms with Crippen molar-refractivity contribution in [3.05, 3.63) is 131 Å². The van der Waals surface area contributed by atoms with Gasteiger partial charge in [-0.1, -0.05) is 87.4 Å². The van der Waals surface area contributed by atoms with Gasteiger partial charge in [-0.2, -0.15) is 9.97 Å². The smallest absolute Gasteiger partial charge is 0.232 e. The molecule has 16 nitrogen and oxygen atoms in total. The van der Waals surface area contributed by atoms with Gasteiger partial charge in [0.2, 0.25) is 35.6 Å². The number of aryl methyl sites for hydroxylation is 2. The second-order valence-electron chi connectivity index (χ2n) is 18.5. The van der Waals surface area contributed by atoms with Gasteiger partial charge in [0.1, 0.15) is 12.7 Å². The molecule has 71 heavy (non-hydrogen) atoms. The van der Waals surface area contributed by atoms with E-state index in [2.05, 4.69) is 113 Å². The molecule has 0 bridgehead atoms. The number of piperidine rings is 2. The molecule has 2 aromatic heterocycles. The first-order chi connectivity index (χ1) is 34.7. The maximum atomic E-state index is 13.2. The van der Waals surface area contributed by atoms with Crippen molar-refractivity contribution in [1.82, 2.24) is 29.9 Å². The van der Waals surface area contributed by atoms with Crippen LogP contribution in [0.2, 0.25) is 0 Å². The van der Waals surface area contributed by atoms with Crippen LogP contribution in [0.25, 0.3) is 0 Å². The molecule has 8 rings (SSSR count). The van der Waals surface area contributed by atoms with Gasteiger partial charge in [0.25, 0.3) is 0 Å². The standard InChI is InChI=1S/C55H68N12O4/c1-5-7-11-41-18-22-43(23-19-41)35-71-45-28-32-67(33-29-45)55-59-37-57-53(65-55)63-49-15-9-13-47(39(49)4)61-51(69)25-24-50(68)60-46-12-8-14-48(38(46)3)62-52-56-36-58-54(64-52)66-30-26-44(27-31-66)70-34-42-20-16-40(10-6-2)17-21-42/h8-9,12-23,36-37,44-45H,5-7,10-11,24-35H2,1-4H3,(H,60,68)(H,61,69)(H,56,58,62,64)(H,57,59,63,65). The van der Waals surface area contributed by atoms with Crippen LogP contribution in [0.4, 0.5) is 46.5 Å². The zero-order valence-corrected chi connectivity index (χ0v) is 41.6. The van der Waals surface area contributed by atoms with Gasteiger partial charge in [-0.05, 0) is 116 Å². The number of anilines is 8. The fourth-order valence-corrected chi connectivity index (χ4v) is 8.85. The predicted molar refractivity (Wildman–Crippen MR) is 281 cm³/mol. The largest absolute Gasteiger partial charge is 0.373 e. The Morgan fingerprint density at radius 3 is 1.37 bits per heavy atom. The lowest BCUT2D eigenvalue weighted by Crippen LogP contribution is -2.38. The number of hydrogen-bond acceptors (Lipinski definition) is 14. The number of benzene rings is 4. The second-order valence-corrected chi connectivity index (χ2v) is 18.5. The number of aromatic nitrogens is 6. The molecule has 2 saturated heterocycles. The maximum Gasteiger partial charge on any atom is 0.232 e. The molecule has 372 valence electrons. The molecule has 0 radical (unpaired) electrons. The molecular formula is C55H68N12O4. The van der Waals surface area contributed by atoms with E-state index in [4.69, 9.17) is 19.4 Å². The van der Waals surface area contributed by atoms with E-state index >= 15 is 0 Å². The summed E-state index contributed by atoms with van der Waals surface area (Å²) in [5.74, 6) is 1.46. The van der Waals surface area contributed by atoms with E-state index in [1.807, 2.05) is 50.2 Å². The Labute approximate surface area is 417 Å². The quantitative estimate of drug-likeness (QED) is 0.0504. The zero-order chi connectivity index (χ0) is 49.4. The maximum absolute atomic E-state index is 13.2. The Morgan fingerprint density at radius 1 is 0.535 bits per heavy atom. The van der Waals surface area contributed by atoms with E-state index < -0.39 is 0 Å². The van der Waals surface area contributed by atoms with Crippen molar-refractivity contribution in [3.8, 4) is 0 Å². The fourth-order valence-electron chi connectivity index (χ4n) is 8.85. The summed E-state index contributed by atoms with van der Waals surface area (Å²) < 4.78 is 12.6. The van der Waals surface area contributed by atoms with E-state index in [-0.39, 0.29) is 36.9 Å². The van der Waals surface area contributed by atoms with Crippen molar-refractivity contribution < 1.29 is 19.1 Å². The first kappa shape index (κ1) is 50.4. The molecule has 4 N–H and O–H groups in total. The van der Waals surface area contributed by atoms with Crippen molar-refractivity contribution in [3.63, 3.8) is 0 Å². The van der Waals surface area contributed by atoms with Crippen LogP contribution in [0.1, 0.15) is 105 Å². The number of nitrogens with one attached hydrogen (secondary N) is 4. The summed E-state index contributed by atoms with van der Waals surface area (Å²) in [6, 6.07) is 28.7. The van der Waals surface area contributed by atoms with Gasteiger partial charge in [0, 0.05) is 61.8 Å². The Balaban J connectivity index is 0.763. The SMILES string of the molecule is CCCCc1ccc(COC2CCN(c3ncnc(Nc4cccc(NC(=O)CCC(=O)Nc5cccc(Nc6ncnc(N7CCC(OCc8ccc(CCC)cc8)CC7)n6)c5C)c4C)n3)CC2)cc1. The normalized spacial score (nSPS) is 14.3. The number of hydrogen-bond donors (Lipinski definition) is 4. The lowest BCUT2D eigenvalue weighted by Gasteiger charge is -2.32. The average Bonchev–Trinajstić information content (AvgIpc) is 3.40. The van der Waals surface area contributed by atoms with Crippen LogP contribution in [0.5, 0.6) is 0 Å². The van der Waals surface area contributed by atoms with E-state index in [9.17, 15) is 9.59 Å². The summed E-state index contributed by atoms with van der Waals surface area (Å²) in [5, 5.41) is 12.6. The Bertz CT molecular complexity index is 2670. The molecule has 0 aliphatic carbocycles.